The van der Waals surface area contributed by atoms with Crippen LogP contribution < -0.4 is 5.32 Å². The minimum absolute atomic E-state index is 0.00410. The molecule has 3 saturated heterocycles. The van der Waals surface area contributed by atoms with Gasteiger partial charge in [0.25, 0.3) is 0 Å². The van der Waals surface area contributed by atoms with Gasteiger partial charge < -0.3 is 15.0 Å². The van der Waals surface area contributed by atoms with Crippen LogP contribution in [0.25, 0.3) is 0 Å². The summed E-state index contributed by atoms with van der Waals surface area (Å²) < 4.78 is 5.87. The third-order valence-electron chi connectivity index (χ3n) is 4.68. The Morgan fingerprint density at radius 1 is 1.35 bits per heavy atom. The first-order valence-electron chi connectivity index (χ1n) is 7.80. The molecule has 3 rings (SSSR count). The van der Waals surface area contributed by atoms with Crippen molar-refractivity contribution in [2.75, 3.05) is 6.54 Å². The molecule has 112 valence electrons. The molecule has 0 spiro atoms. The highest BCUT2D eigenvalue weighted by Gasteiger charge is 2.46. The van der Waals surface area contributed by atoms with Crippen molar-refractivity contribution in [1.29, 1.82) is 0 Å². The maximum atomic E-state index is 12.7. The molecule has 0 aromatic carbocycles. The fraction of sp³-hybridized carbons (Fsp3) is 0.867. The van der Waals surface area contributed by atoms with Gasteiger partial charge in [0.1, 0.15) is 6.04 Å². The zero-order chi connectivity index (χ0) is 14.3. The third kappa shape index (κ3) is 2.55. The van der Waals surface area contributed by atoms with Crippen LogP contribution in [0.5, 0.6) is 0 Å². The molecule has 4 atom stereocenters. The SMILES string of the molecule is CC(C)CC1NC(=O)CCN(C2CC3CCC2O3)C1=O. The fourth-order valence-corrected chi connectivity index (χ4v) is 3.76. The molecule has 2 bridgehead atoms. The van der Waals surface area contributed by atoms with Crippen LogP contribution >= 0.6 is 0 Å². The Bertz CT molecular complexity index is 410. The van der Waals surface area contributed by atoms with Crippen molar-refractivity contribution in [3.8, 4) is 0 Å². The first-order chi connectivity index (χ1) is 9.54. The topological polar surface area (TPSA) is 58.6 Å². The van der Waals surface area contributed by atoms with Gasteiger partial charge in [0.15, 0.2) is 0 Å². The molecule has 3 aliphatic rings. The molecular weight excluding hydrogens is 256 g/mol. The van der Waals surface area contributed by atoms with Crippen LogP contribution in [0.2, 0.25) is 0 Å². The van der Waals surface area contributed by atoms with E-state index in [1.54, 1.807) is 0 Å². The number of ether oxygens (including phenoxy) is 1. The van der Waals surface area contributed by atoms with E-state index in [1.165, 1.54) is 0 Å². The average molecular weight is 280 g/mol. The van der Waals surface area contributed by atoms with Gasteiger partial charge in [-0.2, -0.15) is 0 Å². The van der Waals surface area contributed by atoms with E-state index in [9.17, 15) is 9.59 Å². The quantitative estimate of drug-likeness (QED) is 0.841. The van der Waals surface area contributed by atoms with Gasteiger partial charge in [-0.1, -0.05) is 13.8 Å². The Hall–Kier alpha value is -1.10. The Morgan fingerprint density at radius 3 is 2.75 bits per heavy atom. The first-order valence-corrected chi connectivity index (χ1v) is 7.80. The molecule has 0 aromatic rings. The van der Waals surface area contributed by atoms with Crippen LogP contribution in [-0.4, -0.2) is 47.6 Å². The van der Waals surface area contributed by atoms with Crippen molar-refractivity contribution in [3.63, 3.8) is 0 Å². The van der Waals surface area contributed by atoms with Crippen molar-refractivity contribution >= 4 is 11.8 Å². The molecule has 3 fully saturated rings. The number of hydrogen-bond donors (Lipinski definition) is 1. The van der Waals surface area contributed by atoms with Gasteiger partial charge >= 0.3 is 0 Å². The molecule has 0 saturated carbocycles. The number of nitrogens with zero attached hydrogens (tertiary/aromatic N) is 1. The van der Waals surface area contributed by atoms with Crippen LogP contribution in [0.3, 0.4) is 0 Å². The van der Waals surface area contributed by atoms with E-state index in [-0.39, 0.29) is 30.0 Å². The van der Waals surface area contributed by atoms with Crippen LogP contribution in [0.15, 0.2) is 0 Å². The second-order valence-electron chi connectivity index (χ2n) is 6.71. The average Bonchev–Trinajstić information content (AvgIpc) is 2.96. The Kier molecular flexibility index (Phi) is 3.71. The van der Waals surface area contributed by atoms with Gasteiger partial charge in [0, 0.05) is 13.0 Å². The zero-order valence-electron chi connectivity index (χ0n) is 12.3. The molecule has 0 aliphatic carbocycles. The Morgan fingerprint density at radius 2 is 2.15 bits per heavy atom. The number of hydrogen-bond acceptors (Lipinski definition) is 3. The summed E-state index contributed by atoms with van der Waals surface area (Å²) in [5.74, 6) is 0.474. The fourth-order valence-electron chi connectivity index (χ4n) is 3.76. The predicted molar refractivity (Wildman–Crippen MR) is 74.0 cm³/mol. The molecule has 2 amide bonds. The van der Waals surface area contributed by atoms with E-state index in [1.807, 2.05) is 4.90 Å². The minimum atomic E-state index is -0.357. The second-order valence-corrected chi connectivity index (χ2v) is 6.71. The lowest BCUT2D eigenvalue weighted by molar-refractivity contribution is -0.137. The summed E-state index contributed by atoms with van der Waals surface area (Å²) in [7, 11) is 0. The first kappa shape index (κ1) is 13.9. The number of fused-ring (bicyclic) bond motifs is 2. The van der Waals surface area contributed by atoms with E-state index < -0.39 is 0 Å². The van der Waals surface area contributed by atoms with Gasteiger partial charge in [-0.15, -0.1) is 0 Å². The lowest BCUT2D eigenvalue weighted by atomic mass is 9.93. The van der Waals surface area contributed by atoms with E-state index in [2.05, 4.69) is 19.2 Å². The Labute approximate surface area is 120 Å². The highest BCUT2D eigenvalue weighted by molar-refractivity contribution is 5.90. The van der Waals surface area contributed by atoms with Crippen molar-refractivity contribution < 1.29 is 14.3 Å². The molecule has 3 heterocycles. The van der Waals surface area contributed by atoms with Crippen molar-refractivity contribution in [2.45, 2.75) is 70.2 Å². The summed E-state index contributed by atoms with van der Waals surface area (Å²) >= 11 is 0. The summed E-state index contributed by atoms with van der Waals surface area (Å²) in [6.45, 7) is 4.70. The van der Waals surface area contributed by atoms with Gasteiger partial charge in [-0.25, -0.2) is 0 Å². The number of carbonyl (C=O) groups is 2. The van der Waals surface area contributed by atoms with Crippen LogP contribution in [0.1, 0.15) is 46.0 Å². The number of carbonyl (C=O) groups excluding carboxylic acids is 2. The second kappa shape index (κ2) is 5.35. The highest BCUT2D eigenvalue weighted by atomic mass is 16.5. The predicted octanol–water partition coefficient (Wildman–Crippen LogP) is 1.07. The lowest BCUT2D eigenvalue weighted by Crippen LogP contribution is -2.51. The van der Waals surface area contributed by atoms with Crippen molar-refractivity contribution in [3.05, 3.63) is 0 Å². The van der Waals surface area contributed by atoms with Crippen LogP contribution in [-0.2, 0) is 14.3 Å². The molecule has 3 aliphatic heterocycles. The summed E-state index contributed by atoms with van der Waals surface area (Å²) in [6.07, 6.45) is 4.76. The molecule has 0 radical (unpaired) electrons. The van der Waals surface area contributed by atoms with Gasteiger partial charge in [-0.05, 0) is 31.6 Å². The van der Waals surface area contributed by atoms with Gasteiger partial charge in [0.05, 0.1) is 18.2 Å². The monoisotopic (exact) mass is 280 g/mol. The van der Waals surface area contributed by atoms with Gasteiger partial charge in [0.2, 0.25) is 11.8 Å². The summed E-state index contributed by atoms with van der Waals surface area (Å²) in [5.41, 5.74) is 0. The molecular formula is C15H24N2O3. The Balaban J connectivity index is 1.75. The number of amides is 2. The number of rotatable bonds is 3. The largest absolute Gasteiger partial charge is 0.373 e. The van der Waals surface area contributed by atoms with Crippen LogP contribution in [0.4, 0.5) is 0 Å². The maximum Gasteiger partial charge on any atom is 0.245 e. The summed E-state index contributed by atoms with van der Waals surface area (Å²) in [5, 5.41) is 2.89. The lowest BCUT2D eigenvalue weighted by Gasteiger charge is -2.33. The third-order valence-corrected chi connectivity index (χ3v) is 4.68. The number of nitrogens with one attached hydrogen (secondary N) is 1. The summed E-state index contributed by atoms with van der Waals surface area (Å²) in [4.78, 5) is 26.5. The van der Waals surface area contributed by atoms with Crippen molar-refractivity contribution in [1.82, 2.24) is 10.2 Å². The van der Waals surface area contributed by atoms with Crippen molar-refractivity contribution in [2.24, 2.45) is 5.92 Å². The van der Waals surface area contributed by atoms with Gasteiger partial charge in [-0.3, -0.25) is 9.59 Å². The molecule has 0 aromatic heterocycles. The zero-order valence-corrected chi connectivity index (χ0v) is 12.3. The van der Waals surface area contributed by atoms with Crippen LogP contribution in [0, 0.1) is 5.92 Å². The standard InChI is InChI=1S/C15H24N2O3/c1-9(2)7-11-15(19)17(6-5-14(18)16-11)12-8-10-3-4-13(12)20-10/h9-13H,3-8H2,1-2H3,(H,16,18). The molecule has 1 N–H and O–H groups in total. The van der Waals surface area contributed by atoms with E-state index in [0.717, 1.165) is 19.3 Å². The minimum Gasteiger partial charge on any atom is -0.373 e. The van der Waals surface area contributed by atoms with E-state index in [4.69, 9.17) is 4.74 Å². The van der Waals surface area contributed by atoms with E-state index >= 15 is 0 Å². The summed E-state index contributed by atoms with van der Waals surface area (Å²) in [6, 6.07) is -0.173. The molecule has 5 nitrogen and oxygen atoms in total. The maximum absolute atomic E-state index is 12.7. The smallest absolute Gasteiger partial charge is 0.245 e. The molecule has 4 unspecified atom stereocenters. The molecule has 5 heteroatoms. The van der Waals surface area contributed by atoms with E-state index in [0.29, 0.717) is 31.4 Å². The molecule has 20 heavy (non-hydrogen) atoms. The normalized spacial score (nSPS) is 37.5. The highest BCUT2D eigenvalue weighted by Crippen LogP contribution is 2.37.